The molecule has 2 aromatic heterocycles. The molecule has 5 nitrogen and oxygen atoms in total. The van der Waals surface area contributed by atoms with E-state index in [1.165, 1.54) is 0 Å². The molecule has 2 rings (SSSR count). The number of nitrogens with zero attached hydrogens (tertiary/aromatic N) is 3. The number of nitrogen functional groups attached to an aromatic ring is 1. The molecule has 2 N–H and O–H groups in total. The van der Waals surface area contributed by atoms with Gasteiger partial charge in [0.1, 0.15) is 5.82 Å². The molecule has 0 radical (unpaired) electrons. The molecule has 0 amide bonds. The number of nitrogens with two attached hydrogens (primary N) is 1. The van der Waals surface area contributed by atoms with Crippen molar-refractivity contribution in [2.24, 2.45) is 0 Å². The highest BCUT2D eigenvalue weighted by molar-refractivity contribution is 9.10. The van der Waals surface area contributed by atoms with Crippen molar-refractivity contribution >= 4 is 21.6 Å². The van der Waals surface area contributed by atoms with E-state index in [1.54, 1.807) is 23.0 Å². The summed E-state index contributed by atoms with van der Waals surface area (Å²) in [7, 11) is 0. The molecular weight excluding hydrogens is 284 g/mol. The number of halogens is 1. The number of aromatic nitrogens is 3. The van der Waals surface area contributed by atoms with E-state index in [1.807, 2.05) is 17.7 Å². The molecule has 0 aliphatic heterocycles. The number of aryl methyl sites for hydroxylation is 3. The van der Waals surface area contributed by atoms with E-state index in [0.29, 0.717) is 23.2 Å². The van der Waals surface area contributed by atoms with Crippen LogP contribution in [-0.4, -0.2) is 14.1 Å². The molecule has 2 aromatic rings. The minimum absolute atomic E-state index is 0.0723. The van der Waals surface area contributed by atoms with Crippen molar-refractivity contribution in [3.63, 3.8) is 0 Å². The van der Waals surface area contributed by atoms with Gasteiger partial charge in [-0.2, -0.15) is 0 Å². The Morgan fingerprint density at radius 1 is 1.41 bits per heavy atom. The highest BCUT2D eigenvalue weighted by Crippen LogP contribution is 2.08. The average Bonchev–Trinajstić information content (AvgIpc) is 2.67. The molecule has 0 aliphatic rings. The Hall–Kier alpha value is -1.56. The fraction of sp³-hybridized carbons (Fsp3) is 0.273. The van der Waals surface area contributed by atoms with E-state index >= 15 is 0 Å². The largest absolute Gasteiger partial charge is 0.398 e. The van der Waals surface area contributed by atoms with Crippen LogP contribution in [-0.2, 0) is 13.1 Å². The van der Waals surface area contributed by atoms with Crippen LogP contribution in [0.4, 0.5) is 5.69 Å². The molecule has 90 valence electrons. The maximum absolute atomic E-state index is 11.8. The molecule has 0 spiro atoms. The maximum atomic E-state index is 11.8. The van der Waals surface area contributed by atoms with Gasteiger partial charge in [0.15, 0.2) is 0 Å². The first-order valence-corrected chi connectivity index (χ1v) is 6.00. The minimum atomic E-state index is -0.0723. The van der Waals surface area contributed by atoms with E-state index in [-0.39, 0.29) is 5.56 Å². The molecule has 0 saturated heterocycles. The SMILES string of the molecule is Cc1nccn1CCn1cc(N)cc(Br)c1=O. The van der Waals surface area contributed by atoms with E-state index in [4.69, 9.17) is 5.73 Å². The first-order valence-electron chi connectivity index (χ1n) is 5.21. The number of rotatable bonds is 3. The highest BCUT2D eigenvalue weighted by atomic mass is 79.9. The zero-order valence-corrected chi connectivity index (χ0v) is 11.0. The zero-order valence-electron chi connectivity index (χ0n) is 9.43. The van der Waals surface area contributed by atoms with Gasteiger partial charge in [-0.05, 0) is 28.9 Å². The van der Waals surface area contributed by atoms with E-state index in [0.717, 1.165) is 5.82 Å². The van der Waals surface area contributed by atoms with Crippen LogP contribution in [0.15, 0.2) is 33.9 Å². The van der Waals surface area contributed by atoms with Crippen molar-refractivity contribution in [1.29, 1.82) is 0 Å². The molecule has 0 fully saturated rings. The fourth-order valence-corrected chi connectivity index (χ4v) is 2.13. The summed E-state index contributed by atoms with van der Waals surface area (Å²) >= 11 is 3.20. The monoisotopic (exact) mass is 296 g/mol. The molecule has 0 aliphatic carbocycles. The number of pyridine rings is 1. The van der Waals surface area contributed by atoms with Crippen molar-refractivity contribution < 1.29 is 0 Å². The van der Waals surface area contributed by atoms with Gasteiger partial charge in [-0.3, -0.25) is 4.79 Å². The Labute approximate surface area is 107 Å². The lowest BCUT2D eigenvalue weighted by Crippen LogP contribution is -2.23. The predicted molar refractivity (Wildman–Crippen MR) is 69.8 cm³/mol. The zero-order chi connectivity index (χ0) is 12.4. The Morgan fingerprint density at radius 3 is 2.76 bits per heavy atom. The van der Waals surface area contributed by atoms with Crippen LogP contribution in [0.3, 0.4) is 0 Å². The van der Waals surface area contributed by atoms with Crippen LogP contribution >= 0.6 is 15.9 Å². The molecule has 6 heteroatoms. The van der Waals surface area contributed by atoms with Gasteiger partial charge in [0, 0.05) is 37.4 Å². The number of imidazole rings is 1. The molecule has 0 atom stereocenters. The highest BCUT2D eigenvalue weighted by Gasteiger charge is 2.03. The molecular formula is C11H13BrN4O. The standard InChI is InChI=1S/C11H13BrN4O/c1-8-14-2-3-15(8)4-5-16-7-9(13)6-10(12)11(16)17/h2-3,6-7H,4-5,13H2,1H3. The number of anilines is 1. The summed E-state index contributed by atoms with van der Waals surface area (Å²) in [6.07, 6.45) is 5.29. The lowest BCUT2D eigenvalue weighted by Gasteiger charge is -2.09. The van der Waals surface area contributed by atoms with E-state index in [2.05, 4.69) is 20.9 Å². The first-order chi connectivity index (χ1) is 8.08. The smallest absolute Gasteiger partial charge is 0.265 e. The van der Waals surface area contributed by atoms with Gasteiger partial charge >= 0.3 is 0 Å². The second kappa shape index (κ2) is 4.75. The Morgan fingerprint density at radius 2 is 2.12 bits per heavy atom. The van der Waals surface area contributed by atoms with Crippen LogP contribution in [0.5, 0.6) is 0 Å². The van der Waals surface area contributed by atoms with Crippen LogP contribution < -0.4 is 11.3 Å². The molecule has 0 unspecified atom stereocenters. The van der Waals surface area contributed by atoms with Crippen molar-refractivity contribution in [2.45, 2.75) is 20.0 Å². The Kier molecular flexibility index (Phi) is 3.33. The lowest BCUT2D eigenvalue weighted by molar-refractivity contribution is 0.555. The van der Waals surface area contributed by atoms with Gasteiger partial charge in [0.05, 0.1) is 4.47 Å². The summed E-state index contributed by atoms with van der Waals surface area (Å²) in [5.74, 6) is 0.931. The molecule has 17 heavy (non-hydrogen) atoms. The van der Waals surface area contributed by atoms with E-state index < -0.39 is 0 Å². The van der Waals surface area contributed by atoms with Gasteiger partial charge in [0.25, 0.3) is 5.56 Å². The quantitative estimate of drug-likeness (QED) is 0.931. The molecule has 0 bridgehead atoms. The van der Waals surface area contributed by atoms with Crippen LogP contribution in [0, 0.1) is 6.92 Å². The molecule has 0 saturated carbocycles. The van der Waals surface area contributed by atoms with Gasteiger partial charge in [-0.15, -0.1) is 0 Å². The minimum Gasteiger partial charge on any atom is -0.398 e. The first kappa shape index (κ1) is 11.9. The summed E-state index contributed by atoms with van der Waals surface area (Å²) in [5, 5.41) is 0. The molecule has 0 aromatic carbocycles. The van der Waals surface area contributed by atoms with Crippen molar-refractivity contribution in [1.82, 2.24) is 14.1 Å². The van der Waals surface area contributed by atoms with Crippen LogP contribution in [0.1, 0.15) is 5.82 Å². The second-order valence-corrected chi connectivity index (χ2v) is 4.64. The predicted octanol–water partition coefficient (Wildman–Crippen LogP) is 1.40. The third kappa shape index (κ3) is 2.58. The van der Waals surface area contributed by atoms with Crippen molar-refractivity contribution in [2.75, 3.05) is 5.73 Å². The molecule has 2 heterocycles. The van der Waals surface area contributed by atoms with Crippen molar-refractivity contribution in [3.05, 3.63) is 45.3 Å². The van der Waals surface area contributed by atoms with Gasteiger partial charge < -0.3 is 14.9 Å². The second-order valence-electron chi connectivity index (χ2n) is 3.79. The third-order valence-corrected chi connectivity index (χ3v) is 3.14. The van der Waals surface area contributed by atoms with Crippen LogP contribution in [0.25, 0.3) is 0 Å². The topological polar surface area (TPSA) is 65.8 Å². The normalized spacial score (nSPS) is 10.7. The van der Waals surface area contributed by atoms with Gasteiger partial charge in [-0.25, -0.2) is 4.98 Å². The number of hydrogen-bond donors (Lipinski definition) is 1. The summed E-state index contributed by atoms with van der Waals surface area (Å²) in [5.41, 5.74) is 6.19. The van der Waals surface area contributed by atoms with Gasteiger partial charge in [0.2, 0.25) is 0 Å². The average molecular weight is 297 g/mol. The summed E-state index contributed by atoms with van der Waals surface area (Å²) in [6.45, 7) is 3.19. The maximum Gasteiger partial charge on any atom is 0.265 e. The van der Waals surface area contributed by atoms with Crippen molar-refractivity contribution in [3.8, 4) is 0 Å². The Bertz CT molecular complexity index is 587. The van der Waals surface area contributed by atoms with Crippen LogP contribution in [0.2, 0.25) is 0 Å². The van der Waals surface area contributed by atoms with E-state index in [9.17, 15) is 4.79 Å². The Balaban J connectivity index is 2.20. The lowest BCUT2D eigenvalue weighted by atomic mass is 10.4. The van der Waals surface area contributed by atoms with Gasteiger partial charge in [-0.1, -0.05) is 0 Å². The summed E-state index contributed by atoms with van der Waals surface area (Å²) in [6, 6.07) is 1.61. The summed E-state index contributed by atoms with van der Waals surface area (Å²) < 4.78 is 4.07. The fourth-order valence-electron chi connectivity index (χ4n) is 1.64. The number of hydrogen-bond acceptors (Lipinski definition) is 3. The summed E-state index contributed by atoms with van der Waals surface area (Å²) in [4.78, 5) is 15.9. The third-order valence-electron chi connectivity index (χ3n) is 2.57.